The van der Waals surface area contributed by atoms with E-state index < -0.39 is 22.0 Å². The first-order valence-electron chi connectivity index (χ1n) is 4.88. The fourth-order valence-corrected chi connectivity index (χ4v) is 3.88. The summed E-state index contributed by atoms with van der Waals surface area (Å²) in [5.74, 6) is -0.475. The summed E-state index contributed by atoms with van der Waals surface area (Å²) in [5.41, 5.74) is 0. The molecule has 7 heteroatoms. The molecule has 0 aromatic rings. The van der Waals surface area contributed by atoms with E-state index in [1.165, 1.54) is 4.90 Å². The lowest BCUT2D eigenvalue weighted by molar-refractivity contribution is -0.135. The van der Waals surface area contributed by atoms with Gasteiger partial charge in [0.25, 0.3) is 0 Å². The van der Waals surface area contributed by atoms with E-state index in [9.17, 15) is 18.3 Å². The minimum Gasteiger partial charge on any atom is -0.390 e. The van der Waals surface area contributed by atoms with Gasteiger partial charge >= 0.3 is 0 Å². The number of rotatable bonds is 1. The van der Waals surface area contributed by atoms with Gasteiger partial charge in [-0.3, -0.25) is 4.79 Å². The molecule has 2 aliphatic rings. The molecule has 2 rings (SSSR count). The monoisotopic (exact) mass is 234 g/mol. The Hall–Kier alpha value is -0.660. The summed E-state index contributed by atoms with van der Waals surface area (Å²) in [6.07, 6.45) is -0.933. The van der Waals surface area contributed by atoms with E-state index in [2.05, 4.69) is 5.32 Å². The van der Waals surface area contributed by atoms with Gasteiger partial charge in [0.15, 0.2) is 9.84 Å². The van der Waals surface area contributed by atoms with Crippen molar-refractivity contribution in [1.82, 2.24) is 10.2 Å². The van der Waals surface area contributed by atoms with E-state index >= 15 is 0 Å². The topological polar surface area (TPSA) is 86.7 Å². The molecule has 86 valence electrons. The maximum absolute atomic E-state index is 11.5. The molecule has 2 fully saturated rings. The minimum atomic E-state index is -3.18. The summed E-state index contributed by atoms with van der Waals surface area (Å²) in [4.78, 5) is 13.0. The number of sulfone groups is 1. The Kier molecular flexibility index (Phi) is 2.70. The quantitative estimate of drug-likeness (QED) is 0.527. The van der Waals surface area contributed by atoms with E-state index in [0.717, 1.165) is 0 Å². The Labute approximate surface area is 88.2 Å². The molecule has 0 radical (unpaired) electrons. The molecule has 0 saturated carbocycles. The lowest BCUT2D eigenvalue weighted by atomic mass is 10.1. The Balaban J connectivity index is 2.13. The van der Waals surface area contributed by atoms with Gasteiger partial charge in [-0.05, 0) is 0 Å². The van der Waals surface area contributed by atoms with Crippen LogP contribution >= 0.6 is 0 Å². The maximum atomic E-state index is 11.5. The summed E-state index contributed by atoms with van der Waals surface area (Å²) in [6.45, 7) is 1.34. The summed E-state index contributed by atoms with van der Waals surface area (Å²) < 4.78 is 22.6. The van der Waals surface area contributed by atoms with Crippen molar-refractivity contribution in [1.29, 1.82) is 0 Å². The average Bonchev–Trinajstić information content (AvgIpc) is 2.40. The number of carbonyl (C=O) groups is 1. The fourth-order valence-electron chi connectivity index (χ4n) is 2.08. The molecule has 0 aromatic heterocycles. The summed E-state index contributed by atoms with van der Waals surface area (Å²) in [6, 6.07) is -0.551. The lowest BCUT2D eigenvalue weighted by Crippen LogP contribution is -2.55. The molecule has 0 aromatic carbocycles. The number of aliphatic hydroxyl groups excluding tert-OH is 1. The number of amides is 1. The predicted molar refractivity (Wildman–Crippen MR) is 53.0 cm³/mol. The molecule has 2 unspecified atom stereocenters. The molecule has 2 heterocycles. The number of nitrogens with one attached hydrogen (secondary N) is 1. The molecule has 6 nitrogen and oxygen atoms in total. The van der Waals surface area contributed by atoms with Gasteiger partial charge in [-0.25, -0.2) is 8.42 Å². The average molecular weight is 234 g/mol. The van der Waals surface area contributed by atoms with Crippen molar-refractivity contribution in [2.45, 2.75) is 12.1 Å². The normalized spacial score (nSPS) is 35.8. The van der Waals surface area contributed by atoms with Crippen molar-refractivity contribution in [3.63, 3.8) is 0 Å². The van der Waals surface area contributed by atoms with E-state index in [4.69, 9.17) is 0 Å². The molecule has 15 heavy (non-hydrogen) atoms. The van der Waals surface area contributed by atoms with Gasteiger partial charge < -0.3 is 15.3 Å². The van der Waals surface area contributed by atoms with E-state index in [1.807, 2.05) is 0 Å². The zero-order valence-corrected chi connectivity index (χ0v) is 9.03. The van der Waals surface area contributed by atoms with Crippen LogP contribution in [0, 0.1) is 0 Å². The van der Waals surface area contributed by atoms with Crippen LogP contribution in [0.4, 0.5) is 0 Å². The third-order valence-corrected chi connectivity index (χ3v) is 4.52. The van der Waals surface area contributed by atoms with Crippen LogP contribution in [-0.4, -0.2) is 67.6 Å². The zero-order valence-electron chi connectivity index (χ0n) is 8.22. The van der Waals surface area contributed by atoms with Gasteiger partial charge in [-0.2, -0.15) is 0 Å². The van der Waals surface area contributed by atoms with E-state index in [0.29, 0.717) is 13.1 Å². The highest BCUT2D eigenvalue weighted by Crippen LogP contribution is 2.19. The summed E-state index contributed by atoms with van der Waals surface area (Å²) in [7, 11) is -3.18. The van der Waals surface area contributed by atoms with Crippen LogP contribution in [0.2, 0.25) is 0 Å². The molecule has 0 bridgehead atoms. The fraction of sp³-hybridized carbons (Fsp3) is 0.875. The minimum absolute atomic E-state index is 0.111. The Bertz CT molecular complexity index is 367. The van der Waals surface area contributed by atoms with Gasteiger partial charge in [0.2, 0.25) is 5.91 Å². The van der Waals surface area contributed by atoms with Crippen LogP contribution in [0.5, 0.6) is 0 Å². The van der Waals surface area contributed by atoms with Crippen molar-refractivity contribution in [3.05, 3.63) is 0 Å². The highest BCUT2D eigenvalue weighted by molar-refractivity contribution is 7.91. The van der Waals surface area contributed by atoms with Crippen molar-refractivity contribution in [2.75, 3.05) is 31.1 Å². The highest BCUT2D eigenvalue weighted by Gasteiger charge is 2.42. The van der Waals surface area contributed by atoms with Crippen LogP contribution < -0.4 is 5.32 Å². The number of nitrogens with zero attached hydrogens (tertiary/aromatic N) is 1. The summed E-state index contributed by atoms with van der Waals surface area (Å²) >= 11 is 0. The smallest absolute Gasteiger partial charge is 0.236 e. The molecule has 2 N–H and O–H groups in total. The number of carbonyl (C=O) groups excluding carboxylic acids is 1. The Morgan fingerprint density at radius 2 is 2.13 bits per heavy atom. The first-order valence-corrected chi connectivity index (χ1v) is 6.70. The number of hydrogen-bond donors (Lipinski definition) is 2. The van der Waals surface area contributed by atoms with E-state index in [1.54, 1.807) is 0 Å². The third-order valence-electron chi connectivity index (χ3n) is 2.82. The van der Waals surface area contributed by atoms with Gasteiger partial charge in [-0.1, -0.05) is 0 Å². The van der Waals surface area contributed by atoms with Gasteiger partial charge in [0, 0.05) is 13.1 Å². The molecule has 1 amide bonds. The molecule has 2 atom stereocenters. The Morgan fingerprint density at radius 3 is 2.67 bits per heavy atom. The number of aliphatic hydroxyl groups is 1. The molecule has 0 aliphatic carbocycles. The molecule has 2 saturated heterocycles. The second kappa shape index (κ2) is 3.73. The van der Waals surface area contributed by atoms with Gasteiger partial charge in [0.05, 0.1) is 30.2 Å². The SMILES string of the molecule is O=C1CNCCN1C1CS(=O)(=O)CC1O. The first-order chi connectivity index (χ1) is 6.99. The molecule has 0 spiro atoms. The van der Waals surface area contributed by atoms with Crippen LogP contribution in [-0.2, 0) is 14.6 Å². The molecular formula is C8H14N2O4S. The van der Waals surface area contributed by atoms with Crippen molar-refractivity contribution < 1.29 is 18.3 Å². The second-order valence-corrected chi connectivity index (χ2v) is 6.13. The lowest BCUT2D eigenvalue weighted by Gasteiger charge is -2.33. The van der Waals surface area contributed by atoms with Gasteiger partial charge in [0.1, 0.15) is 0 Å². The molecule has 2 aliphatic heterocycles. The highest BCUT2D eigenvalue weighted by atomic mass is 32.2. The maximum Gasteiger partial charge on any atom is 0.236 e. The van der Waals surface area contributed by atoms with Crippen LogP contribution in [0.25, 0.3) is 0 Å². The van der Waals surface area contributed by atoms with Crippen LogP contribution in [0.3, 0.4) is 0 Å². The largest absolute Gasteiger partial charge is 0.390 e. The van der Waals surface area contributed by atoms with E-state index in [-0.39, 0.29) is 24.0 Å². The van der Waals surface area contributed by atoms with Crippen LogP contribution in [0.15, 0.2) is 0 Å². The second-order valence-electron chi connectivity index (χ2n) is 3.98. The van der Waals surface area contributed by atoms with Crippen molar-refractivity contribution >= 4 is 15.7 Å². The molecular weight excluding hydrogens is 220 g/mol. The zero-order chi connectivity index (χ0) is 11.1. The van der Waals surface area contributed by atoms with Gasteiger partial charge in [-0.15, -0.1) is 0 Å². The van der Waals surface area contributed by atoms with Crippen LogP contribution in [0.1, 0.15) is 0 Å². The Morgan fingerprint density at radius 1 is 1.40 bits per heavy atom. The summed E-state index contributed by atoms with van der Waals surface area (Å²) in [5, 5.41) is 12.5. The third kappa shape index (κ3) is 2.14. The van der Waals surface area contributed by atoms with Crippen molar-refractivity contribution in [2.24, 2.45) is 0 Å². The number of piperazine rings is 1. The van der Waals surface area contributed by atoms with Crippen molar-refractivity contribution in [3.8, 4) is 0 Å². The predicted octanol–water partition coefficient (Wildman–Crippen LogP) is -2.42. The standard InChI is InChI=1S/C8H14N2O4S/c11-7-5-15(13,14)4-6(7)10-2-1-9-3-8(10)12/h6-7,9,11H,1-5H2. The number of hydrogen-bond acceptors (Lipinski definition) is 5. The first kappa shape index (κ1) is 10.8.